The summed E-state index contributed by atoms with van der Waals surface area (Å²) in [5, 5.41) is 28.3. The molecular weight excluding hydrogens is 258 g/mol. The van der Waals surface area contributed by atoms with Crippen molar-refractivity contribution in [2.75, 3.05) is 0 Å². The summed E-state index contributed by atoms with van der Waals surface area (Å²) in [6, 6.07) is 2.84. The number of hydrogen-bond acceptors (Lipinski definition) is 4. The number of aromatic hydroxyl groups is 2. The van der Waals surface area contributed by atoms with E-state index in [0.717, 1.165) is 0 Å². The van der Waals surface area contributed by atoms with Gasteiger partial charge in [0.2, 0.25) is 0 Å². The molecule has 0 saturated carbocycles. The largest absolute Gasteiger partial charge is 0.504 e. The van der Waals surface area contributed by atoms with E-state index in [2.05, 4.69) is 0 Å². The van der Waals surface area contributed by atoms with Crippen molar-refractivity contribution < 1.29 is 20.1 Å². The Morgan fingerprint density at radius 2 is 2.00 bits per heavy atom. The van der Waals surface area contributed by atoms with E-state index in [1.807, 2.05) is 6.92 Å². The molecule has 0 aliphatic rings. The lowest BCUT2D eigenvalue weighted by atomic mass is 9.87. The van der Waals surface area contributed by atoms with Gasteiger partial charge >= 0.3 is 5.97 Å². The summed E-state index contributed by atoms with van der Waals surface area (Å²) >= 11 is 5.62. The first-order valence-electron chi connectivity index (χ1n) is 5.53. The summed E-state index contributed by atoms with van der Waals surface area (Å²) in [7, 11) is 0. The average Bonchev–Trinajstić information content (AvgIpc) is 2.30. The number of carbonyl (C=O) groups is 1. The standard InChI is InChI=1S/C12H16ClNO4/c1-2-5-12(14,11(17)18)6-7-3-4-8(13)10(16)9(7)15/h3-4,15-16H,2,5-6,14H2,1H3,(H,17,18)/t12-/m0/s1. The van der Waals surface area contributed by atoms with Crippen molar-refractivity contribution in [3.05, 3.63) is 22.7 Å². The van der Waals surface area contributed by atoms with E-state index < -0.39 is 23.0 Å². The molecule has 0 spiro atoms. The normalized spacial score (nSPS) is 14.2. The molecule has 0 unspecified atom stereocenters. The molecule has 1 rings (SSSR count). The van der Waals surface area contributed by atoms with Gasteiger partial charge in [0.05, 0.1) is 5.02 Å². The van der Waals surface area contributed by atoms with Crippen LogP contribution in [0.15, 0.2) is 12.1 Å². The predicted molar refractivity (Wildman–Crippen MR) is 67.9 cm³/mol. The fraction of sp³-hybridized carbons (Fsp3) is 0.417. The molecule has 1 aromatic carbocycles. The molecule has 0 saturated heterocycles. The number of nitrogens with two attached hydrogens (primary N) is 1. The van der Waals surface area contributed by atoms with E-state index >= 15 is 0 Å². The van der Waals surface area contributed by atoms with Crippen LogP contribution in [0.3, 0.4) is 0 Å². The van der Waals surface area contributed by atoms with Crippen LogP contribution in [-0.4, -0.2) is 26.8 Å². The third kappa shape index (κ3) is 2.86. The van der Waals surface area contributed by atoms with Crippen LogP contribution in [0.2, 0.25) is 5.02 Å². The topological polar surface area (TPSA) is 104 Å². The second-order valence-corrected chi connectivity index (χ2v) is 4.70. The number of carboxylic acid groups (broad SMARTS) is 1. The molecule has 18 heavy (non-hydrogen) atoms. The second-order valence-electron chi connectivity index (χ2n) is 4.29. The number of carboxylic acids is 1. The number of phenolic OH excluding ortho intramolecular Hbond substituents is 2. The number of phenols is 2. The molecule has 5 N–H and O–H groups in total. The van der Waals surface area contributed by atoms with Gasteiger partial charge < -0.3 is 21.1 Å². The van der Waals surface area contributed by atoms with Gasteiger partial charge in [0.1, 0.15) is 5.54 Å². The average molecular weight is 274 g/mol. The predicted octanol–water partition coefficient (Wildman–Crippen LogP) is 1.88. The number of aliphatic carboxylic acids is 1. The third-order valence-corrected chi connectivity index (χ3v) is 3.12. The highest BCUT2D eigenvalue weighted by atomic mass is 35.5. The minimum absolute atomic E-state index is 0.00434. The van der Waals surface area contributed by atoms with Gasteiger partial charge in [0.25, 0.3) is 0 Å². The first-order chi connectivity index (χ1) is 8.31. The lowest BCUT2D eigenvalue weighted by molar-refractivity contribution is -0.143. The first kappa shape index (κ1) is 14.6. The minimum atomic E-state index is -1.47. The van der Waals surface area contributed by atoms with E-state index in [1.54, 1.807) is 0 Å². The molecule has 100 valence electrons. The van der Waals surface area contributed by atoms with E-state index in [-0.39, 0.29) is 23.4 Å². The number of halogens is 1. The Bertz CT molecular complexity index is 464. The quantitative estimate of drug-likeness (QED) is 0.613. The van der Waals surface area contributed by atoms with Crippen molar-refractivity contribution in [2.45, 2.75) is 31.7 Å². The van der Waals surface area contributed by atoms with Gasteiger partial charge in [0.15, 0.2) is 11.5 Å². The molecule has 0 heterocycles. The van der Waals surface area contributed by atoms with Crippen LogP contribution in [0.5, 0.6) is 11.5 Å². The van der Waals surface area contributed by atoms with Crippen molar-refractivity contribution in [3.63, 3.8) is 0 Å². The lowest BCUT2D eigenvalue weighted by Gasteiger charge is -2.24. The van der Waals surface area contributed by atoms with E-state index in [4.69, 9.17) is 22.4 Å². The van der Waals surface area contributed by atoms with Crippen molar-refractivity contribution in [3.8, 4) is 11.5 Å². The molecule has 0 amide bonds. The van der Waals surface area contributed by atoms with Gasteiger partial charge in [-0.2, -0.15) is 0 Å². The van der Waals surface area contributed by atoms with Crippen molar-refractivity contribution in [1.82, 2.24) is 0 Å². The van der Waals surface area contributed by atoms with Gasteiger partial charge in [-0.05, 0) is 12.5 Å². The van der Waals surface area contributed by atoms with Gasteiger partial charge in [-0.3, -0.25) is 4.79 Å². The highest BCUT2D eigenvalue weighted by Gasteiger charge is 2.34. The van der Waals surface area contributed by atoms with Crippen molar-refractivity contribution in [2.24, 2.45) is 5.73 Å². The molecule has 1 aromatic rings. The van der Waals surface area contributed by atoms with Crippen LogP contribution in [0.25, 0.3) is 0 Å². The highest BCUT2D eigenvalue weighted by Crippen LogP contribution is 2.37. The number of hydrogen-bond donors (Lipinski definition) is 4. The van der Waals surface area contributed by atoms with E-state index in [0.29, 0.717) is 6.42 Å². The molecule has 0 aliphatic heterocycles. The summed E-state index contributed by atoms with van der Waals surface area (Å²) in [4.78, 5) is 11.2. The SMILES string of the molecule is CCC[C@](N)(Cc1ccc(Cl)c(O)c1O)C(=O)O. The Morgan fingerprint density at radius 1 is 1.39 bits per heavy atom. The van der Waals surface area contributed by atoms with Gasteiger partial charge in [-0.25, -0.2) is 0 Å². The Balaban J connectivity index is 3.09. The zero-order valence-electron chi connectivity index (χ0n) is 9.98. The van der Waals surface area contributed by atoms with E-state index in [9.17, 15) is 15.0 Å². The van der Waals surface area contributed by atoms with Crippen LogP contribution in [0.1, 0.15) is 25.3 Å². The molecule has 5 nitrogen and oxygen atoms in total. The maximum Gasteiger partial charge on any atom is 0.324 e. The zero-order valence-corrected chi connectivity index (χ0v) is 10.7. The molecule has 0 fully saturated rings. The molecule has 0 radical (unpaired) electrons. The monoisotopic (exact) mass is 273 g/mol. The fourth-order valence-corrected chi connectivity index (χ4v) is 1.95. The van der Waals surface area contributed by atoms with Crippen LogP contribution in [0.4, 0.5) is 0 Å². The van der Waals surface area contributed by atoms with Crippen LogP contribution in [0, 0.1) is 0 Å². The van der Waals surface area contributed by atoms with Gasteiger partial charge in [-0.1, -0.05) is 31.0 Å². The zero-order chi connectivity index (χ0) is 13.9. The van der Waals surface area contributed by atoms with Crippen molar-refractivity contribution in [1.29, 1.82) is 0 Å². The molecule has 0 aliphatic carbocycles. The molecular formula is C12H16ClNO4. The van der Waals surface area contributed by atoms with Crippen LogP contribution in [-0.2, 0) is 11.2 Å². The molecule has 1 atom stereocenters. The molecule has 6 heteroatoms. The maximum absolute atomic E-state index is 11.2. The molecule has 0 bridgehead atoms. The Hall–Kier alpha value is -1.46. The summed E-state index contributed by atoms with van der Waals surface area (Å²) in [5.41, 5.74) is 4.61. The number of rotatable bonds is 5. The van der Waals surface area contributed by atoms with Crippen LogP contribution < -0.4 is 5.73 Å². The number of benzene rings is 1. The maximum atomic E-state index is 11.2. The fourth-order valence-electron chi connectivity index (χ4n) is 1.80. The highest BCUT2D eigenvalue weighted by molar-refractivity contribution is 6.32. The van der Waals surface area contributed by atoms with Gasteiger partial charge in [0, 0.05) is 12.0 Å². The Kier molecular flexibility index (Phi) is 4.43. The minimum Gasteiger partial charge on any atom is -0.504 e. The van der Waals surface area contributed by atoms with E-state index in [1.165, 1.54) is 12.1 Å². The van der Waals surface area contributed by atoms with Gasteiger partial charge in [-0.15, -0.1) is 0 Å². The molecule has 0 aromatic heterocycles. The Morgan fingerprint density at radius 3 is 2.50 bits per heavy atom. The van der Waals surface area contributed by atoms with Crippen LogP contribution >= 0.6 is 11.6 Å². The van der Waals surface area contributed by atoms with Crippen molar-refractivity contribution >= 4 is 17.6 Å². The Labute approximate surface area is 110 Å². The smallest absolute Gasteiger partial charge is 0.324 e. The second kappa shape index (κ2) is 5.46. The summed E-state index contributed by atoms with van der Waals surface area (Å²) in [6.07, 6.45) is 0.793. The first-order valence-corrected chi connectivity index (χ1v) is 5.91. The summed E-state index contributed by atoms with van der Waals surface area (Å²) < 4.78 is 0. The summed E-state index contributed by atoms with van der Waals surface area (Å²) in [6.45, 7) is 1.82. The lowest BCUT2D eigenvalue weighted by Crippen LogP contribution is -2.49. The summed E-state index contributed by atoms with van der Waals surface area (Å²) in [5.74, 6) is -2.02. The third-order valence-electron chi connectivity index (χ3n) is 2.81.